The van der Waals surface area contributed by atoms with Gasteiger partial charge in [0.05, 0.1) is 59.2 Å². The fraction of sp³-hybridized carbons (Fsp3) is 0.226. The van der Waals surface area contributed by atoms with E-state index in [0.29, 0.717) is 17.2 Å². The van der Waals surface area contributed by atoms with E-state index < -0.39 is 0 Å². The smallest absolute Gasteiger partial charge is 0.161 e. The highest BCUT2D eigenvalue weighted by Crippen LogP contribution is 2.50. The van der Waals surface area contributed by atoms with Crippen molar-refractivity contribution in [3.05, 3.63) is 304 Å². The molecule has 0 aliphatic rings. The molecular formula is C106H106N4O6S5. The zero-order valence-electron chi connectivity index (χ0n) is 72.4. The summed E-state index contributed by atoms with van der Waals surface area (Å²) in [6.45, 7) is 34.8. The van der Waals surface area contributed by atoms with Gasteiger partial charge in [0, 0.05) is 70.9 Å². The maximum absolute atomic E-state index is 11.2. The van der Waals surface area contributed by atoms with Gasteiger partial charge in [-0.05, 0) is 163 Å². The van der Waals surface area contributed by atoms with E-state index in [-0.39, 0.29) is 44.3 Å². The Bertz CT molecular complexity index is 6320. The summed E-state index contributed by atoms with van der Waals surface area (Å²) in [5, 5.41) is 58.8. The zero-order valence-corrected chi connectivity index (χ0v) is 76.5. The lowest BCUT2D eigenvalue weighted by molar-refractivity contribution is 0.355. The van der Waals surface area contributed by atoms with Crippen LogP contribution in [0.5, 0.6) is 34.5 Å². The van der Waals surface area contributed by atoms with Crippen LogP contribution in [0.3, 0.4) is 0 Å². The van der Waals surface area contributed by atoms with Crippen molar-refractivity contribution in [3.63, 3.8) is 0 Å². The van der Waals surface area contributed by atoms with E-state index in [1.807, 2.05) is 127 Å². The van der Waals surface area contributed by atoms with Gasteiger partial charge in [-0.15, -0.1) is 57.1 Å². The highest BCUT2D eigenvalue weighted by atomic mass is 32.2. The predicted molar refractivity (Wildman–Crippen MR) is 516 cm³/mol. The quantitative estimate of drug-likeness (QED) is 0.0770. The third-order valence-electron chi connectivity index (χ3n) is 21.3. The fourth-order valence-corrected chi connectivity index (χ4v) is 18.2. The molecule has 0 fully saturated rings. The highest BCUT2D eigenvalue weighted by molar-refractivity contribution is 7.98. The third kappa shape index (κ3) is 20.1. The molecule has 4 N–H and O–H groups in total. The molecule has 0 amide bonds. The average Bonchev–Trinajstić information content (AvgIpc) is 1.67. The molecule has 12 aromatic carbocycles. The number of fused-ring (bicyclic) bond motifs is 1. The number of aryl methyl sites for hydroxylation is 1. The van der Waals surface area contributed by atoms with Crippen molar-refractivity contribution < 1.29 is 29.9 Å². The number of thioether (sulfide) groups is 1. The van der Waals surface area contributed by atoms with Crippen molar-refractivity contribution in [2.45, 2.75) is 143 Å². The Morgan fingerprint density at radius 2 is 0.628 bits per heavy atom. The highest BCUT2D eigenvalue weighted by Gasteiger charge is 2.30. The second kappa shape index (κ2) is 36.5. The first-order valence-electron chi connectivity index (χ1n) is 40.5. The summed E-state index contributed by atoms with van der Waals surface area (Å²) in [6, 6.07) is 84.0. The minimum atomic E-state index is -0.157. The predicted octanol–water partition coefficient (Wildman–Crippen LogP) is 30.4. The van der Waals surface area contributed by atoms with E-state index in [9.17, 15) is 20.4 Å². The van der Waals surface area contributed by atoms with Crippen molar-refractivity contribution in [1.29, 1.82) is 0 Å². The second-order valence-electron chi connectivity index (χ2n) is 35.3. The van der Waals surface area contributed by atoms with Gasteiger partial charge < -0.3 is 29.9 Å². The van der Waals surface area contributed by atoms with Gasteiger partial charge in [0.1, 0.15) is 43.0 Å². The van der Waals surface area contributed by atoms with Gasteiger partial charge in [-0.25, -0.2) is 19.9 Å². The van der Waals surface area contributed by atoms with E-state index in [1.165, 1.54) is 49.3 Å². The molecule has 0 bridgehead atoms. The monoisotopic (exact) mass is 1690 g/mol. The molecule has 4 heterocycles. The number of thiazole rings is 4. The molecule has 0 saturated heterocycles. The molecule has 4 aromatic heterocycles. The number of benzene rings is 12. The zero-order chi connectivity index (χ0) is 86.5. The van der Waals surface area contributed by atoms with E-state index >= 15 is 0 Å². The Balaban J connectivity index is 0.000000139. The van der Waals surface area contributed by atoms with Crippen molar-refractivity contribution in [2.24, 2.45) is 0 Å². The van der Waals surface area contributed by atoms with Crippen molar-refractivity contribution in [3.8, 4) is 155 Å². The number of nitrogens with zero attached hydrogens (tertiary/aromatic N) is 4. The number of hydrogen-bond acceptors (Lipinski definition) is 15. The standard InChI is InChI=1S/C27H27NO3S.C27H29NOS.C26H25NOS2.C26H25NOS/c1-27(2,3)19-14-20(17-9-7-6-8-10-17)25(29)21(15-19)26-28-22(16-32-26)18-11-12-23(30-4)24(13-18)31-5;1-26(2,3)18-14-21(24(29)22(15-18)27(4,5)6)25-28-23(16-30-25)20-13-9-11-17-10-7-8-12-19(17)20;1-26(2,3)18-14-20(17-10-6-5-7-11-17)24(28)21(15-18)25-27-22(16-30-25)19-12-8-9-13-23(19)29-4;1-17-9-8-12-19(13-17)23-16-29-25(27-23)22-15-20(26(2,3)4)14-21(24(22)28)18-10-6-5-7-11-18/h6-16,29H,1-5H3;7-16,29H,1-6H3;5-16,28H,1-4H3;5-16,28H,1-4H3. The Morgan fingerprint density at radius 3 is 1.05 bits per heavy atom. The molecule has 16 aromatic rings. The lowest BCUT2D eigenvalue weighted by atomic mass is 9.79. The molecule has 121 heavy (non-hydrogen) atoms. The summed E-state index contributed by atoms with van der Waals surface area (Å²) < 4.78 is 10.8. The molecule has 0 spiro atoms. The summed E-state index contributed by atoms with van der Waals surface area (Å²) in [5.41, 5.74) is 23.1. The number of methoxy groups -OCH3 is 2. The molecule has 10 nitrogen and oxygen atoms in total. The van der Waals surface area contributed by atoms with Gasteiger partial charge >= 0.3 is 0 Å². The maximum Gasteiger partial charge on any atom is 0.161 e. The Hall–Kier alpha value is -11.4. The molecule has 15 heteroatoms. The summed E-state index contributed by atoms with van der Waals surface area (Å²) in [6.07, 6.45) is 2.08. The van der Waals surface area contributed by atoms with Gasteiger partial charge in [0.2, 0.25) is 0 Å². The van der Waals surface area contributed by atoms with Crippen molar-refractivity contribution in [1.82, 2.24) is 19.9 Å². The number of aromatic hydroxyl groups is 4. The molecule has 0 aliphatic heterocycles. The van der Waals surface area contributed by atoms with Crippen molar-refractivity contribution >= 4 is 67.9 Å². The summed E-state index contributed by atoms with van der Waals surface area (Å²) in [5.74, 6) is 2.49. The molecule has 0 aliphatic carbocycles. The number of rotatable bonds is 14. The number of phenols is 4. The lowest BCUT2D eigenvalue weighted by Gasteiger charge is -2.27. The molecule has 0 atom stereocenters. The summed E-state index contributed by atoms with van der Waals surface area (Å²) in [4.78, 5) is 20.8. The van der Waals surface area contributed by atoms with Crippen LogP contribution in [0.25, 0.3) is 131 Å². The molecular weight excluding hydrogens is 1590 g/mol. The van der Waals surface area contributed by atoms with E-state index in [1.54, 1.807) is 60.0 Å². The van der Waals surface area contributed by atoms with Crippen LogP contribution >= 0.6 is 57.1 Å². The van der Waals surface area contributed by atoms with Gasteiger partial charge in [-0.2, -0.15) is 0 Å². The fourth-order valence-electron chi connectivity index (χ4n) is 14.2. The molecule has 16 rings (SSSR count). The Kier molecular flexibility index (Phi) is 26.3. The van der Waals surface area contributed by atoms with Crippen molar-refractivity contribution in [2.75, 3.05) is 20.5 Å². The number of ether oxygens (including phenoxy) is 2. The first kappa shape index (κ1) is 87.4. The Labute approximate surface area is 734 Å². The van der Waals surface area contributed by atoms with Crippen LogP contribution in [0.2, 0.25) is 0 Å². The molecule has 0 unspecified atom stereocenters. The summed E-state index contributed by atoms with van der Waals surface area (Å²) >= 11 is 7.97. The van der Waals surface area contributed by atoms with Crippen LogP contribution in [0, 0.1) is 6.92 Å². The first-order chi connectivity index (χ1) is 57.6. The van der Waals surface area contributed by atoms with Crippen LogP contribution in [0.1, 0.15) is 137 Å². The number of aromatic nitrogens is 4. The topological polar surface area (TPSA) is 151 Å². The third-order valence-corrected chi connectivity index (χ3v) is 25.6. The van der Waals surface area contributed by atoms with Gasteiger partial charge in [-0.1, -0.05) is 285 Å². The minimum absolute atomic E-state index is 0.0157. The second-order valence-corrected chi connectivity index (χ2v) is 39.6. The van der Waals surface area contributed by atoms with Crippen LogP contribution in [0.4, 0.5) is 0 Å². The summed E-state index contributed by atoms with van der Waals surface area (Å²) in [7, 11) is 3.24. The molecule has 616 valence electrons. The van der Waals surface area contributed by atoms with E-state index in [2.05, 4.69) is 261 Å². The number of phenolic OH excluding ortho intramolecular Hbond substituents is 4. The van der Waals surface area contributed by atoms with Crippen LogP contribution in [0.15, 0.2) is 275 Å². The van der Waals surface area contributed by atoms with Gasteiger partial charge in [0.15, 0.2) is 11.5 Å². The van der Waals surface area contributed by atoms with Gasteiger partial charge in [0.25, 0.3) is 0 Å². The van der Waals surface area contributed by atoms with E-state index in [4.69, 9.17) is 29.4 Å². The SMILES string of the molecule is CC(C)(C)c1cc(-c2nc(-c3cccc4ccccc34)cs2)c(O)c(C(C)(C)C)c1.COc1ccc(-c2csc(-c3cc(C(C)(C)C)cc(-c4ccccc4)c3O)n2)cc1OC.CSc1ccccc1-c1csc(-c2cc(C(C)(C)C)cc(-c3ccccc3)c2O)n1.Cc1cccc(-c2csc(-c3cc(C(C)(C)C)cc(-c4ccccc4)c3O)n2)c1. The van der Waals surface area contributed by atoms with Crippen LogP contribution < -0.4 is 9.47 Å². The molecule has 0 saturated carbocycles. The largest absolute Gasteiger partial charge is 0.507 e. The van der Waals surface area contributed by atoms with Gasteiger partial charge in [-0.3, -0.25) is 0 Å². The van der Waals surface area contributed by atoms with Crippen LogP contribution in [-0.2, 0) is 27.1 Å². The maximum atomic E-state index is 11.2. The average molecular weight is 1690 g/mol. The number of hydrogen-bond donors (Lipinski definition) is 4. The first-order valence-corrected chi connectivity index (χ1v) is 45.2. The molecule has 0 radical (unpaired) electrons. The van der Waals surface area contributed by atoms with Crippen LogP contribution in [-0.4, -0.2) is 60.8 Å². The van der Waals surface area contributed by atoms with E-state index in [0.717, 1.165) is 132 Å². The lowest BCUT2D eigenvalue weighted by Crippen LogP contribution is -2.17. The minimum Gasteiger partial charge on any atom is -0.507 e. The Morgan fingerprint density at radius 1 is 0.289 bits per heavy atom. The normalized spacial score (nSPS) is 11.8.